The minimum absolute atomic E-state index is 0.0319. The molecule has 0 aliphatic rings. The highest BCUT2D eigenvalue weighted by Gasteiger charge is 1.91. The second-order valence-electron chi connectivity index (χ2n) is 2.55. The van der Waals surface area contributed by atoms with Crippen LogP contribution >= 0.6 is 0 Å². The molecule has 0 N–H and O–H groups in total. The van der Waals surface area contributed by atoms with Crippen LogP contribution in [-0.4, -0.2) is 4.98 Å². The minimum atomic E-state index is -0.0319. The van der Waals surface area contributed by atoms with Crippen molar-refractivity contribution < 1.29 is 0 Å². The van der Waals surface area contributed by atoms with E-state index in [1.165, 1.54) is 6.20 Å². The van der Waals surface area contributed by atoms with Gasteiger partial charge in [-0.15, -0.1) is 0 Å². The third-order valence-electron chi connectivity index (χ3n) is 1.76. The third kappa shape index (κ3) is 1.07. The molecular weight excluding hydrogens is 150 g/mol. The molecule has 0 fully saturated rings. The van der Waals surface area contributed by atoms with Crippen LogP contribution in [0.5, 0.6) is 0 Å². The SMILES string of the molecule is O=c1cnccc2ccccc12. The molecule has 0 spiro atoms. The van der Waals surface area contributed by atoms with Gasteiger partial charge in [0, 0.05) is 11.6 Å². The van der Waals surface area contributed by atoms with Gasteiger partial charge in [0.05, 0.1) is 6.20 Å². The first-order chi connectivity index (χ1) is 5.88. The maximum Gasteiger partial charge on any atom is 0.204 e. The Morgan fingerprint density at radius 2 is 1.92 bits per heavy atom. The van der Waals surface area contributed by atoms with E-state index in [0.717, 1.165) is 10.8 Å². The average Bonchev–Trinajstić information content (AvgIpc) is 2.29. The molecule has 1 aromatic heterocycles. The fourth-order valence-electron chi connectivity index (χ4n) is 1.17. The van der Waals surface area contributed by atoms with Crippen LogP contribution in [0.1, 0.15) is 0 Å². The summed E-state index contributed by atoms with van der Waals surface area (Å²) in [5.74, 6) is 0. The lowest BCUT2D eigenvalue weighted by atomic mass is 10.2. The number of rotatable bonds is 0. The summed E-state index contributed by atoms with van der Waals surface area (Å²) in [5, 5.41) is 1.65. The lowest BCUT2D eigenvalue weighted by Crippen LogP contribution is -1.94. The van der Waals surface area contributed by atoms with Crippen LogP contribution in [0.4, 0.5) is 0 Å². The van der Waals surface area contributed by atoms with Crippen molar-refractivity contribution >= 4 is 10.8 Å². The normalized spacial score (nSPS) is 10.0. The van der Waals surface area contributed by atoms with E-state index in [-0.39, 0.29) is 5.43 Å². The zero-order valence-electron chi connectivity index (χ0n) is 6.40. The quantitative estimate of drug-likeness (QED) is 0.581. The molecule has 1 aromatic carbocycles. The van der Waals surface area contributed by atoms with E-state index >= 15 is 0 Å². The van der Waals surface area contributed by atoms with E-state index in [1.807, 2.05) is 24.3 Å². The summed E-state index contributed by atoms with van der Waals surface area (Å²) in [6, 6.07) is 9.29. The number of benzene rings is 1. The number of fused-ring (bicyclic) bond motifs is 1. The first kappa shape index (κ1) is 6.98. The Kier molecular flexibility index (Phi) is 1.59. The van der Waals surface area contributed by atoms with Crippen molar-refractivity contribution in [1.29, 1.82) is 0 Å². The highest BCUT2D eigenvalue weighted by molar-refractivity contribution is 5.80. The zero-order valence-corrected chi connectivity index (χ0v) is 6.40. The van der Waals surface area contributed by atoms with Gasteiger partial charge >= 0.3 is 0 Å². The van der Waals surface area contributed by atoms with Gasteiger partial charge in [-0.3, -0.25) is 9.78 Å². The fourth-order valence-corrected chi connectivity index (χ4v) is 1.17. The lowest BCUT2D eigenvalue weighted by molar-refractivity contribution is 1.35. The molecule has 0 aliphatic heterocycles. The van der Waals surface area contributed by atoms with Crippen LogP contribution in [0, 0.1) is 0 Å². The molecule has 2 rings (SSSR count). The molecule has 12 heavy (non-hydrogen) atoms. The van der Waals surface area contributed by atoms with Crippen molar-refractivity contribution in [3.8, 4) is 0 Å². The van der Waals surface area contributed by atoms with Gasteiger partial charge in [-0.05, 0) is 11.5 Å². The van der Waals surface area contributed by atoms with Gasteiger partial charge in [-0.25, -0.2) is 0 Å². The van der Waals surface area contributed by atoms with Crippen LogP contribution in [0.25, 0.3) is 10.8 Å². The monoisotopic (exact) mass is 157 g/mol. The number of hydrogen-bond donors (Lipinski definition) is 0. The molecule has 0 bridgehead atoms. The van der Waals surface area contributed by atoms with E-state index in [1.54, 1.807) is 12.3 Å². The number of aromatic nitrogens is 1. The summed E-state index contributed by atoms with van der Waals surface area (Å²) in [6.07, 6.45) is 2.96. The van der Waals surface area contributed by atoms with E-state index in [4.69, 9.17) is 0 Å². The molecule has 58 valence electrons. The maximum atomic E-state index is 11.3. The summed E-state index contributed by atoms with van der Waals surface area (Å²) in [5.41, 5.74) is -0.0319. The molecule has 0 atom stereocenters. The van der Waals surface area contributed by atoms with Gasteiger partial charge in [0.1, 0.15) is 0 Å². The topological polar surface area (TPSA) is 30.0 Å². The molecule has 2 heteroatoms. The molecule has 0 amide bonds. The van der Waals surface area contributed by atoms with Gasteiger partial charge in [0.2, 0.25) is 5.43 Å². The Morgan fingerprint density at radius 3 is 2.83 bits per heavy atom. The average molecular weight is 157 g/mol. The van der Waals surface area contributed by atoms with E-state index in [2.05, 4.69) is 4.98 Å². The highest BCUT2D eigenvalue weighted by atomic mass is 16.1. The van der Waals surface area contributed by atoms with Gasteiger partial charge in [-0.2, -0.15) is 0 Å². The van der Waals surface area contributed by atoms with Crippen LogP contribution in [0.2, 0.25) is 0 Å². The van der Waals surface area contributed by atoms with Crippen molar-refractivity contribution in [3.05, 3.63) is 52.9 Å². The Morgan fingerprint density at radius 1 is 1.08 bits per heavy atom. The van der Waals surface area contributed by atoms with Crippen molar-refractivity contribution in [2.24, 2.45) is 0 Å². The molecular formula is C10H7NO. The Bertz CT molecular complexity index is 465. The Hall–Kier alpha value is -1.70. The first-order valence-corrected chi connectivity index (χ1v) is 3.71. The second-order valence-corrected chi connectivity index (χ2v) is 2.55. The van der Waals surface area contributed by atoms with Gasteiger partial charge in [0.15, 0.2) is 0 Å². The van der Waals surface area contributed by atoms with Crippen LogP contribution in [0.3, 0.4) is 0 Å². The predicted octanol–water partition coefficient (Wildman–Crippen LogP) is 1.59. The van der Waals surface area contributed by atoms with Crippen molar-refractivity contribution in [1.82, 2.24) is 4.98 Å². The van der Waals surface area contributed by atoms with Crippen molar-refractivity contribution in [2.75, 3.05) is 0 Å². The maximum absolute atomic E-state index is 11.3. The van der Waals surface area contributed by atoms with Gasteiger partial charge in [-0.1, -0.05) is 24.3 Å². The van der Waals surface area contributed by atoms with E-state index in [9.17, 15) is 4.79 Å². The number of hydrogen-bond acceptors (Lipinski definition) is 2. The van der Waals surface area contributed by atoms with Crippen LogP contribution < -0.4 is 5.43 Å². The minimum Gasteiger partial charge on any atom is -0.288 e. The van der Waals surface area contributed by atoms with Gasteiger partial charge in [0.25, 0.3) is 0 Å². The molecule has 0 saturated heterocycles. The molecule has 2 aromatic rings. The summed E-state index contributed by atoms with van der Waals surface area (Å²) in [7, 11) is 0. The third-order valence-corrected chi connectivity index (χ3v) is 1.76. The Labute approximate surface area is 69.5 Å². The predicted molar refractivity (Wildman–Crippen MR) is 48.0 cm³/mol. The molecule has 0 radical (unpaired) electrons. The van der Waals surface area contributed by atoms with Crippen LogP contribution in [0.15, 0.2) is 47.5 Å². The molecule has 1 heterocycles. The lowest BCUT2D eigenvalue weighted by Gasteiger charge is -1.86. The smallest absolute Gasteiger partial charge is 0.204 e. The van der Waals surface area contributed by atoms with Gasteiger partial charge < -0.3 is 0 Å². The molecule has 0 aliphatic carbocycles. The fraction of sp³-hybridized carbons (Fsp3) is 0. The molecule has 0 saturated carbocycles. The standard InChI is InChI=1S/C10H7NO/c12-10-7-11-6-5-8-3-1-2-4-9(8)10/h1-7H. The Balaban J connectivity index is 3.06. The largest absolute Gasteiger partial charge is 0.288 e. The second kappa shape index (κ2) is 2.74. The van der Waals surface area contributed by atoms with Crippen molar-refractivity contribution in [2.45, 2.75) is 0 Å². The highest BCUT2D eigenvalue weighted by Crippen LogP contribution is 2.05. The molecule has 2 nitrogen and oxygen atoms in total. The van der Waals surface area contributed by atoms with Crippen LogP contribution in [-0.2, 0) is 0 Å². The van der Waals surface area contributed by atoms with Crippen molar-refractivity contribution in [3.63, 3.8) is 0 Å². The first-order valence-electron chi connectivity index (χ1n) is 3.71. The van der Waals surface area contributed by atoms with E-state index in [0.29, 0.717) is 0 Å². The van der Waals surface area contributed by atoms with E-state index < -0.39 is 0 Å². The summed E-state index contributed by atoms with van der Waals surface area (Å²) >= 11 is 0. The summed E-state index contributed by atoms with van der Waals surface area (Å²) < 4.78 is 0. The molecule has 0 unspecified atom stereocenters. The summed E-state index contributed by atoms with van der Waals surface area (Å²) in [4.78, 5) is 15.1. The summed E-state index contributed by atoms with van der Waals surface area (Å²) in [6.45, 7) is 0. The zero-order chi connectivity index (χ0) is 8.39. The number of nitrogens with zero attached hydrogens (tertiary/aromatic N) is 1.